The molecule has 0 radical (unpaired) electrons. The lowest BCUT2D eigenvalue weighted by Crippen LogP contribution is -2.31. The zero-order chi connectivity index (χ0) is 16.9. The minimum Gasteiger partial charge on any atom is -0.492 e. The van der Waals surface area contributed by atoms with Crippen LogP contribution in [0.2, 0.25) is 0 Å². The number of aromatic nitrogens is 1. The standard InChI is InChI=1S/C18H18N2O2S2/c1-13-3-5-15(6-4-13)22-9-8-20(2)18(21)16-12-24-17(19-16)14-7-10-23-11-14/h3-7,10-12H,8-9H2,1-2H3. The van der Waals surface area contributed by atoms with E-state index in [1.165, 1.54) is 16.9 Å². The van der Waals surface area contributed by atoms with Gasteiger partial charge in [0.2, 0.25) is 0 Å². The van der Waals surface area contributed by atoms with Crippen molar-refractivity contribution in [3.63, 3.8) is 0 Å². The van der Waals surface area contributed by atoms with Crippen LogP contribution in [0.4, 0.5) is 0 Å². The van der Waals surface area contributed by atoms with Crippen LogP contribution < -0.4 is 4.74 Å². The second-order valence-electron chi connectivity index (χ2n) is 5.44. The Morgan fingerprint density at radius 3 is 2.71 bits per heavy atom. The van der Waals surface area contributed by atoms with E-state index in [9.17, 15) is 4.79 Å². The maximum absolute atomic E-state index is 12.4. The maximum atomic E-state index is 12.4. The fourth-order valence-electron chi connectivity index (χ4n) is 2.12. The number of benzene rings is 1. The predicted molar refractivity (Wildman–Crippen MR) is 99.1 cm³/mol. The molecule has 0 aliphatic carbocycles. The van der Waals surface area contributed by atoms with Gasteiger partial charge >= 0.3 is 0 Å². The summed E-state index contributed by atoms with van der Waals surface area (Å²) < 4.78 is 5.67. The van der Waals surface area contributed by atoms with Gasteiger partial charge in [-0.05, 0) is 30.5 Å². The van der Waals surface area contributed by atoms with Crippen molar-refractivity contribution in [2.75, 3.05) is 20.2 Å². The number of rotatable bonds is 6. The molecule has 1 amide bonds. The van der Waals surface area contributed by atoms with Crippen LogP contribution >= 0.6 is 22.7 Å². The molecule has 0 fully saturated rings. The lowest BCUT2D eigenvalue weighted by molar-refractivity contribution is 0.0769. The Labute approximate surface area is 149 Å². The molecule has 0 aliphatic heterocycles. The molecule has 0 aliphatic rings. The highest BCUT2D eigenvalue weighted by atomic mass is 32.1. The van der Waals surface area contributed by atoms with Crippen molar-refractivity contribution in [2.45, 2.75) is 6.92 Å². The molecule has 0 unspecified atom stereocenters. The monoisotopic (exact) mass is 358 g/mol. The average molecular weight is 358 g/mol. The largest absolute Gasteiger partial charge is 0.492 e. The molecule has 2 aromatic heterocycles. The predicted octanol–water partition coefficient (Wildman–Crippen LogP) is 4.33. The first-order valence-corrected chi connectivity index (χ1v) is 9.39. The fraction of sp³-hybridized carbons (Fsp3) is 0.222. The van der Waals surface area contributed by atoms with Crippen molar-refractivity contribution in [1.82, 2.24) is 9.88 Å². The van der Waals surface area contributed by atoms with Crippen molar-refractivity contribution < 1.29 is 9.53 Å². The number of hydrogen-bond donors (Lipinski definition) is 0. The van der Waals surface area contributed by atoms with Crippen molar-refractivity contribution in [2.24, 2.45) is 0 Å². The van der Waals surface area contributed by atoms with Crippen LogP contribution in [-0.2, 0) is 0 Å². The smallest absolute Gasteiger partial charge is 0.273 e. The molecule has 124 valence electrons. The van der Waals surface area contributed by atoms with Gasteiger partial charge < -0.3 is 9.64 Å². The van der Waals surface area contributed by atoms with Crippen molar-refractivity contribution in [3.8, 4) is 16.3 Å². The lowest BCUT2D eigenvalue weighted by Gasteiger charge is -2.16. The number of thiazole rings is 1. The first kappa shape index (κ1) is 16.7. The number of likely N-dealkylation sites (N-methyl/N-ethyl adjacent to an activating group) is 1. The Morgan fingerprint density at radius 2 is 2.00 bits per heavy atom. The van der Waals surface area contributed by atoms with Crippen LogP contribution in [0.5, 0.6) is 5.75 Å². The van der Waals surface area contributed by atoms with Crippen LogP contribution in [0.3, 0.4) is 0 Å². The summed E-state index contributed by atoms with van der Waals surface area (Å²) in [6, 6.07) is 9.89. The Kier molecular flexibility index (Phi) is 5.27. The molecule has 3 aromatic rings. The van der Waals surface area contributed by atoms with Gasteiger partial charge in [-0.3, -0.25) is 4.79 Å². The van der Waals surface area contributed by atoms with Gasteiger partial charge in [-0.15, -0.1) is 11.3 Å². The van der Waals surface area contributed by atoms with E-state index in [1.807, 2.05) is 53.4 Å². The molecule has 0 atom stereocenters. The average Bonchev–Trinajstić information content (AvgIpc) is 3.27. The number of carbonyl (C=O) groups is 1. The molecular weight excluding hydrogens is 340 g/mol. The van der Waals surface area contributed by atoms with Crippen LogP contribution in [0, 0.1) is 6.92 Å². The Morgan fingerprint density at radius 1 is 1.21 bits per heavy atom. The number of thiophene rings is 1. The zero-order valence-electron chi connectivity index (χ0n) is 13.6. The molecule has 1 aromatic carbocycles. The minimum absolute atomic E-state index is 0.0831. The fourth-order valence-corrected chi connectivity index (χ4v) is 3.63. The summed E-state index contributed by atoms with van der Waals surface area (Å²) in [5, 5.41) is 6.73. The highest BCUT2D eigenvalue weighted by Crippen LogP contribution is 2.26. The molecule has 0 spiro atoms. The number of amides is 1. The van der Waals surface area contributed by atoms with Crippen molar-refractivity contribution in [3.05, 3.63) is 57.7 Å². The number of ether oxygens (including phenoxy) is 1. The Balaban J connectivity index is 1.54. The van der Waals surface area contributed by atoms with Gasteiger partial charge in [0.1, 0.15) is 23.1 Å². The number of aryl methyl sites for hydroxylation is 1. The number of nitrogens with zero attached hydrogens (tertiary/aromatic N) is 2. The lowest BCUT2D eigenvalue weighted by atomic mass is 10.2. The van der Waals surface area contributed by atoms with E-state index in [1.54, 1.807) is 23.3 Å². The number of carbonyl (C=O) groups excluding carboxylic acids is 1. The maximum Gasteiger partial charge on any atom is 0.273 e. The summed E-state index contributed by atoms with van der Waals surface area (Å²) in [5.74, 6) is 0.732. The van der Waals surface area contributed by atoms with Gasteiger partial charge in [-0.1, -0.05) is 17.7 Å². The Bertz CT molecular complexity index is 795. The highest BCUT2D eigenvalue weighted by Gasteiger charge is 2.16. The van der Waals surface area contributed by atoms with Crippen LogP contribution in [0.1, 0.15) is 16.1 Å². The van der Waals surface area contributed by atoms with Gasteiger partial charge in [-0.25, -0.2) is 4.98 Å². The summed E-state index contributed by atoms with van der Waals surface area (Å²) in [7, 11) is 1.77. The van der Waals surface area contributed by atoms with Crippen molar-refractivity contribution in [1.29, 1.82) is 0 Å². The molecule has 0 bridgehead atoms. The third kappa shape index (κ3) is 4.01. The molecule has 6 heteroatoms. The third-order valence-electron chi connectivity index (χ3n) is 3.55. The summed E-state index contributed by atoms with van der Waals surface area (Å²) in [5.41, 5.74) is 2.74. The SMILES string of the molecule is Cc1ccc(OCCN(C)C(=O)c2csc(-c3ccsc3)n2)cc1. The minimum atomic E-state index is -0.0831. The van der Waals surface area contributed by atoms with Gasteiger partial charge in [0.15, 0.2) is 0 Å². The molecule has 24 heavy (non-hydrogen) atoms. The van der Waals surface area contributed by atoms with Crippen LogP contribution in [0.25, 0.3) is 10.6 Å². The van der Waals surface area contributed by atoms with Gasteiger partial charge in [0.05, 0.1) is 6.54 Å². The molecule has 0 saturated carbocycles. The second-order valence-corrected chi connectivity index (χ2v) is 7.08. The van der Waals surface area contributed by atoms with E-state index in [-0.39, 0.29) is 5.91 Å². The second kappa shape index (κ2) is 7.59. The highest BCUT2D eigenvalue weighted by molar-refractivity contribution is 7.14. The molecule has 3 rings (SSSR count). The van der Waals surface area contributed by atoms with Crippen LogP contribution in [0.15, 0.2) is 46.5 Å². The number of hydrogen-bond acceptors (Lipinski definition) is 5. The molecular formula is C18H18N2O2S2. The summed E-state index contributed by atoms with van der Waals surface area (Å²) in [6.45, 7) is 3.00. The third-order valence-corrected chi connectivity index (χ3v) is 5.13. The summed E-state index contributed by atoms with van der Waals surface area (Å²) in [4.78, 5) is 18.5. The normalized spacial score (nSPS) is 10.6. The molecule has 0 saturated heterocycles. The van der Waals surface area contributed by atoms with E-state index in [0.717, 1.165) is 16.3 Å². The quantitative estimate of drug-likeness (QED) is 0.659. The molecule has 4 nitrogen and oxygen atoms in total. The topological polar surface area (TPSA) is 42.4 Å². The van der Waals surface area contributed by atoms with E-state index >= 15 is 0 Å². The van der Waals surface area contributed by atoms with E-state index in [0.29, 0.717) is 18.8 Å². The first-order valence-electron chi connectivity index (χ1n) is 7.56. The van der Waals surface area contributed by atoms with E-state index in [2.05, 4.69) is 4.98 Å². The summed E-state index contributed by atoms with van der Waals surface area (Å²) >= 11 is 3.11. The zero-order valence-corrected chi connectivity index (χ0v) is 15.2. The van der Waals surface area contributed by atoms with Crippen molar-refractivity contribution >= 4 is 28.6 Å². The van der Waals surface area contributed by atoms with Gasteiger partial charge in [0.25, 0.3) is 5.91 Å². The van der Waals surface area contributed by atoms with Gasteiger partial charge in [0, 0.05) is 23.4 Å². The van der Waals surface area contributed by atoms with E-state index in [4.69, 9.17) is 4.74 Å². The van der Waals surface area contributed by atoms with Gasteiger partial charge in [-0.2, -0.15) is 11.3 Å². The molecule has 2 heterocycles. The van der Waals surface area contributed by atoms with Crippen LogP contribution in [-0.4, -0.2) is 36.0 Å². The first-order chi connectivity index (χ1) is 11.6. The van der Waals surface area contributed by atoms with E-state index < -0.39 is 0 Å². The Hall–Kier alpha value is -2.18. The summed E-state index contributed by atoms with van der Waals surface area (Å²) in [6.07, 6.45) is 0. The molecule has 0 N–H and O–H groups in total.